The van der Waals surface area contributed by atoms with Gasteiger partial charge in [0.2, 0.25) is 23.8 Å². The normalized spacial score (nSPS) is 10.5. The van der Waals surface area contributed by atoms with Crippen molar-refractivity contribution in [3.05, 3.63) is 6.33 Å². The van der Waals surface area contributed by atoms with Crippen LogP contribution in [0.3, 0.4) is 0 Å². The summed E-state index contributed by atoms with van der Waals surface area (Å²) in [6.07, 6.45) is 1.33. The molecule has 0 aliphatic heterocycles. The third kappa shape index (κ3) is 2.98. The summed E-state index contributed by atoms with van der Waals surface area (Å²) in [6, 6.07) is 0. The van der Waals surface area contributed by atoms with Crippen molar-refractivity contribution < 1.29 is 0 Å². The third-order valence-corrected chi connectivity index (χ3v) is 2.42. The molecule has 17 heteroatoms. The summed E-state index contributed by atoms with van der Waals surface area (Å²) in [7, 11) is 0. The minimum Gasteiger partial charge on any atom is -0.293 e. The zero-order chi connectivity index (χ0) is 16.2. The maximum Gasteiger partial charge on any atom is 0.269 e. The number of H-pyrrole nitrogens is 3. The maximum absolute atomic E-state index is 4.15. The van der Waals surface area contributed by atoms with Gasteiger partial charge in [-0.05, 0) is 10.4 Å². The van der Waals surface area contributed by atoms with Crippen molar-refractivity contribution in [3.8, 4) is 0 Å². The number of nitrogens with one attached hydrogen (secondary N) is 6. The molecular formula is C7H7N17. The number of aromatic amines is 3. The summed E-state index contributed by atoms with van der Waals surface area (Å²) in [5.41, 5.74) is 0. The second-order valence-electron chi connectivity index (χ2n) is 3.99. The Hall–Kier alpha value is -4.31. The van der Waals surface area contributed by atoms with Crippen molar-refractivity contribution in [1.29, 1.82) is 0 Å². The molecule has 0 fully saturated rings. The predicted molar refractivity (Wildman–Crippen MR) is 74.4 cm³/mol. The van der Waals surface area contributed by atoms with Gasteiger partial charge in [-0.3, -0.25) is 16.0 Å². The lowest BCUT2D eigenvalue weighted by atomic mass is 10.7. The first-order valence-electron chi connectivity index (χ1n) is 6.24. The first-order chi connectivity index (χ1) is 11.8. The molecule has 120 valence electrons. The molecule has 4 aromatic rings. The Morgan fingerprint density at radius 2 is 1.29 bits per heavy atom. The van der Waals surface area contributed by atoms with Gasteiger partial charge in [0.25, 0.3) is 11.9 Å². The van der Waals surface area contributed by atoms with Crippen LogP contribution >= 0.6 is 0 Å². The van der Waals surface area contributed by atoms with Crippen LogP contribution in [0.2, 0.25) is 0 Å². The summed E-state index contributed by atoms with van der Waals surface area (Å²) >= 11 is 0. The number of hydrogen-bond donors (Lipinski definition) is 6. The molecule has 4 heterocycles. The first-order valence-corrected chi connectivity index (χ1v) is 6.24. The van der Waals surface area contributed by atoms with Crippen LogP contribution in [0.1, 0.15) is 0 Å². The molecule has 0 atom stereocenters. The Bertz CT molecular complexity index is 745. The number of nitrogens with zero attached hydrogens (tertiary/aromatic N) is 11. The van der Waals surface area contributed by atoms with Crippen molar-refractivity contribution in [2.24, 2.45) is 0 Å². The minimum atomic E-state index is 0.138. The lowest BCUT2D eigenvalue weighted by molar-refractivity contribution is 0.881. The molecule has 0 saturated heterocycles. The van der Waals surface area contributed by atoms with E-state index >= 15 is 0 Å². The zero-order valence-corrected chi connectivity index (χ0v) is 11.5. The Morgan fingerprint density at radius 3 is 1.75 bits per heavy atom. The summed E-state index contributed by atoms with van der Waals surface area (Å²) in [6.45, 7) is 0. The molecule has 0 radical (unpaired) electrons. The SMILES string of the molecule is c1n[nH]c(Nc2nc(Nc3nn[nH]n3)nc(Nc3nn[nH]n3)n2)n1. The van der Waals surface area contributed by atoms with Crippen molar-refractivity contribution in [1.82, 2.24) is 71.4 Å². The van der Waals surface area contributed by atoms with Crippen molar-refractivity contribution in [2.75, 3.05) is 16.0 Å². The van der Waals surface area contributed by atoms with Crippen LogP contribution in [0, 0.1) is 0 Å². The van der Waals surface area contributed by atoms with Crippen molar-refractivity contribution >= 4 is 35.7 Å². The highest BCUT2D eigenvalue weighted by atomic mass is 15.5. The molecule has 0 amide bonds. The molecule has 4 aromatic heterocycles. The molecule has 0 spiro atoms. The number of hydrogen-bond acceptors (Lipinski definition) is 14. The van der Waals surface area contributed by atoms with E-state index < -0.39 is 0 Å². The zero-order valence-electron chi connectivity index (χ0n) is 11.5. The van der Waals surface area contributed by atoms with Gasteiger partial charge in [-0.15, -0.1) is 10.2 Å². The Morgan fingerprint density at radius 1 is 0.708 bits per heavy atom. The highest BCUT2D eigenvalue weighted by Gasteiger charge is 2.11. The summed E-state index contributed by atoms with van der Waals surface area (Å²) in [4.78, 5) is 16.4. The van der Waals surface area contributed by atoms with Gasteiger partial charge in [-0.2, -0.15) is 35.5 Å². The van der Waals surface area contributed by atoms with Gasteiger partial charge >= 0.3 is 0 Å². The second-order valence-corrected chi connectivity index (χ2v) is 3.99. The van der Waals surface area contributed by atoms with Gasteiger partial charge in [0.1, 0.15) is 6.33 Å². The molecule has 0 aliphatic rings. The Labute approximate surface area is 130 Å². The molecule has 4 rings (SSSR count). The van der Waals surface area contributed by atoms with Crippen molar-refractivity contribution in [3.63, 3.8) is 0 Å². The average Bonchev–Trinajstić information content (AvgIpc) is 3.30. The first kappa shape index (κ1) is 13.4. The molecule has 24 heavy (non-hydrogen) atoms. The fourth-order valence-electron chi connectivity index (χ4n) is 1.54. The molecule has 0 unspecified atom stereocenters. The predicted octanol–water partition coefficient (Wildman–Crippen LogP) is -1.75. The average molecular weight is 329 g/mol. The Kier molecular flexibility index (Phi) is 3.24. The smallest absolute Gasteiger partial charge is 0.269 e. The number of rotatable bonds is 6. The second kappa shape index (κ2) is 5.82. The number of aromatic nitrogens is 14. The van der Waals surface area contributed by atoms with Gasteiger partial charge in [-0.1, -0.05) is 10.2 Å². The van der Waals surface area contributed by atoms with E-state index in [0.29, 0.717) is 5.95 Å². The van der Waals surface area contributed by atoms with Gasteiger partial charge in [0, 0.05) is 0 Å². The van der Waals surface area contributed by atoms with E-state index in [4.69, 9.17) is 0 Å². The van der Waals surface area contributed by atoms with E-state index in [1.807, 2.05) is 0 Å². The Balaban J connectivity index is 1.63. The van der Waals surface area contributed by atoms with E-state index in [-0.39, 0.29) is 29.7 Å². The fourth-order valence-corrected chi connectivity index (χ4v) is 1.54. The summed E-state index contributed by atoms with van der Waals surface area (Å²) < 4.78 is 0. The van der Waals surface area contributed by atoms with E-state index in [1.165, 1.54) is 6.33 Å². The molecule has 0 bridgehead atoms. The van der Waals surface area contributed by atoms with Gasteiger partial charge < -0.3 is 0 Å². The lowest BCUT2D eigenvalue weighted by Crippen LogP contribution is -2.08. The monoisotopic (exact) mass is 329 g/mol. The number of anilines is 6. The number of tetrazole rings is 2. The molecular weight excluding hydrogens is 322 g/mol. The van der Waals surface area contributed by atoms with Crippen LogP contribution in [0.4, 0.5) is 35.7 Å². The fraction of sp³-hybridized carbons (Fsp3) is 0. The standard InChI is InChI=1S/C7H7N17/c1-8-2(16-9-1)10-3-11-4(14-6-17-21-22-18-6)13-5(12-3)15-7-19-23-24-20-7/h1H,(H6,8,9,10,11,12,13,14,15,16,17,18,19,20,21,22,23,24). The maximum atomic E-state index is 4.15. The largest absolute Gasteiger partial charge is 0.293 e. The topological polar surface area (TPSA) is 225 Å². The molecule has 0 aromatic carbocycles. The van der Waals surface area contributed by atoms with E-state index in [0.717, 1.165) is 0 Å². The highest BCUT2D eigenvalue weighted by Crippen LogP contribution is 2.15. The molecule has 6 N–H and O–H groups in total. The summed E-state index contributed by atoms with van der Waals surface area (Å²) in [5, 5.41) is 41.2. The van der Waals surface area contributed by atoms with Gasteiger partial charge in [-0.25, -0.2) is 5.10 Å². The van der Waals surface area contributed by atoms with Gasteiger partial charge in [0.15, 0.2) is 0 Å². The van der Waals surface area contributed by atoms with Crippen LogP contribution in [0.15, 0.2) is 6.33 Å². The van der Waals surface area contributed by atoms with E-state index in [2.05, 4.69) is 87.3 Å². The quantitative estimate of drug-likeness (QED) is 0.230. The highest BCUT2D eigenvalue weighted by molar-refractivity contribution is 5.53. The van der Waals surface area contributed by atoms with Crippen LogP contribution in [-0.2, 0) is 0 Å². The van der Waals surface area contributed by atoms with E-state index in [1.54, 1.807) is 0 Å². The van der Waals surface area contributed by atoms with Crippen LogP contribution in [0.25, 0.3) is 0 Å². The molecule has 17 nitrogen and oxygen atoms in total. The molecule has 0 aliphatic carbocycles. The third-order valence-electron chi connectivity index (χ3n) is 2.42. The summed E-state index contributed by atoms with van der Waals surface area (Å²) in [5.74, 6) is 1.14. The van der Waals surface area contributed by atoms with Crippen LogP contribution in [-0.4, -0.2) is 71.4 Å². The minimum absolute atomic E-state index is 0.138. The van der Waals surface area contributed by atoms with Crippen molar-refractivity contribution in [2.45, 2.75) is 0 Å². The van der Waals surface area contributed by atoms with Gasteiger partial charge in [0.05, 0.1) is 0 Å². The van der Waals surface area contributed by atoms with Crippen LogP contribution < -0.4 is 16.0 Å². The lowest BCUT2D eigenvalue weighted by Gasteiger charge is -2.07. The molecule has 0 saturated carbocycles. The van der Waals surface area contributed by atoms with E-state index in [9.17, 15) is 0 Å². The van der Waals surface area contributed by atoms with Crippen LogP contribution in [0.5, 0.6) is 0 Å².